The van der Waals surface area contributed by atoms with E-state index in [1.54, 1.807) is 0 Å². The minimum atomic E-state index is -0.0794. The minimum Gasteiger partial charge on any atom is -0.345 e. The average Bonchev–Trinajstić information content (AvgIpc) is 3.04. The Kier molecular flexibility index (Phi) is 7.59. The van der Waals surface area contributed by atoms with E-state index < -0.39 is 0 Å². The second kappa shape index (κ2) is 8.70. The summed E-state index contributed by atoms with van der Waals surface area (Å²) in [6.45, 7) is 3.90. The molecule has 0 spiro atoms. The van der Waals surface area contributed by atoms with Gasteiger partial charge >= 0.3 is 0 Å². The number of amides is 1. The lowest BCUT2D eigenvalue weighted by molar-refractivity contribution is -0.123. The highest BCUT2D eigenvalue weighted by atomic mass is 35.5. The molecule has 2 aliphatic rings. The number of carbonyl (C=O) groups is 1. The zero-order valence-electron chi connectivity index (χ0n) is 12.9. The Balaban J connectivity index is 0.00000121. The molecule has 8 heteroatoms. The van der Waals surface area contributed by atoms with Crippen LogP contribution >= 0.6 is 24.8 Å². The van der Waals surface area contributed by atoms with Gasteiger partial charge in [-0.25, -0.2) is 0 Å². The first-order valence-corrected chi connectivity index (χ1v) is 7.71. The van der Waals surface area contributed by atoms with Gasteiger partial charge in [-0.05, 0) is 39.2 Å². The van der Waals surface area contributed by atoms with Gasteiger partial charge in [-0.2, -0.15) is 0 Å². The molecule has 1 fully saturated rings. The van der Waals surface area contributed by atoms with Gasteiger partial charge in [-0.15, -0.1) is 35.0 Å². The van der Waals surface area contributed by atoms with Gasteiger partial charge in [0.15, 0.2) is 5.82 Å². The third kappa shape index (κ3) is 4.12. The molecule has 0 radical (unpaired) electrons. The summed E-state index contributed by atoms with van der Waals surface area (Å²) >= 11 is 0. The van der Waals surface area contributed by atoms with Crippen molar-refractivity contribution >= 4 is 30.7 Å². The van der Waals surface area contributed by atoms with Crippen LogP contribution in [0.3, 0.4) is 0 Å². The molecule has 126 valence electrons. The molecule has 0 aliphatic carbocycles. The molecule has 1 amide bonds. The standard InChI is InChI=1S/C14H23N5O.2ClH/c1-10(16-14(20)11-6-5-8-15-11)13-18-17-12-7-3-2-4-9-19(12)13;;/h10-11,15H,2-9H2,1H3,(H,16,20);2*1H/t10-,11?;;/m1../s1. The van der Waals surface area contributed by atoms with E-state index in [0.29, 0.717) is 0 Å². The Morgan fingerprint density at radius 1 is 1.27 bits per heavy atom. The molecule has 3 rings (SSSR count). The lowest BCUT2D eigenvalue weighted by Crippen LogP contribution is -2.42. The number of hydrogen-bond donors (Lipinski definition) is 2. The first kappa shape index (κ1) is 19.2. The quantitative estimate of drug-likeness (QED) is 0.872. The molecule has 1 saturated heterocycles. The Morgan fingerprint density at radius 2 is 2.09 bits per heavy atom. The van der Waals surface area contributed by atoms with Gasteiger partial charge in [0.05, 0.1) is 12.1 Å². The van der Waals surface area contributed by atoms with Crippen LogP contribution in [0.1, 0.15) is 56.7 Å². The minimum absolute atomic E-state index is 0. The summed E-state index contributed by atoms with van der Waals surface area (Å²) in [4.78, 5) is 12.2. The summed E-state index contributed by atoms with van der Waals surface area (Å²) in [5, 5.41) is 14.9. The molecule has 1 unspecified atom stereocenters. The van der Waals surface area contributed by atoms with Crippen molar-refractivity contribution in [3.05, 3.63) is 11.6 Å². The molecule has 3 heterocycles. The van der Waals surface area contributed by atoms with E-state index in [1.165, 1.54) is 19.3 Å². The molecule has 1 aromatic rings. The maximum atomic E-state index is 12.2. The van der Waals surface area contributed by atoms with Gasteiger partial charge in [0, 0.05) is 13.0 Å². The molecule has 2 atom stereocenters. The number of fused-ring (bicyclic) bond motifs is 1. The van der Waals surface area contributed by atoms with Crippen LogP contribution in [-0.4, -0.2) is 33.3 Å². The summed E-state index contributed by atoms with van der Waals surface area (Å²) in [7, 11) is 0. The maximum absolute atomic E-state index is 12.2. The lowest BCUT2D eigenvalue weighted by atomic mass is 10.2. The predicted molar refractivity (Wildman–Crippen MR) is 89.7 cm³/mol. The van der Waals surface area contributed by atoms with Crippen LogP contribution in [0.25, 0.3) is 0 Å². The Bertz CT molecular complexity index is 488. The van der Waals surface area contributed by atoms with Crippen LogP contribution in [0.5, 0.6) is 0 Å². The Hall–Kier alpha value is -0.850. The van der Waals surface area contributed by atoms with Gasteiger partial charge < -0.3 is 15.2 Å². The van der Waals surface area contributed by atoms with E-state index >= 15 is 0 Å². The zero-order chi connectivity index (χ0) is 13.9. The molecule has 0 saturated carbocycles. The van der Waals surface area contributed by atoms with Crippen LogP contribution in [0.15, 0.2) is 0 Å². The highest BCUT2D eigenvalue weighted by molar-refractivity contribution is 5.85. The highest BCUT2D eigenvalue weighted by Gasteiger charge is 2.26. The fraction of sp³-hybridized carbons (Fsp3) is 0.786. The number of halogens is 2. The molecule has 22 heavy (non-hydrogen) atoms. The second-order valence-electron chi connectivity index (χ2n) is 5.82. The molecular weight excluding hydrogens is 325 g/mol. The van der Waals surface area contributed by atoms with Crippen LogP contribution < -0.4 is 10.6 Å². The molecule has 2 aliphatic heterocycles. The van der Waals surface area contributed by atoms with E-state index in [-0.39, 0.29) is 42.8 Å². The summed E-state index contributed by atoms with van der Waals surface area (Å²) in [5.41, 5.74) is 0. The number of aryl methyl sites for hydroxylation is 1. The third-order valence-electron chi connectivity index (χ3n) is 4.26. The van der Waals surface area contributed by atoms with Crippen molar-refractivity contribution < 1.29 is 4.79 Å². The average molecular weight is 350 g/mol. The van der Waals surface area contributed by atoms with Gasteiger partial charge in [0.1, 0.15) is 5.82 Å². The molecule has 2 N–H and O–H groups in total. The molecule has 0 bridgehead atoms. The van der Waals surface area contributed by atoms with Crippen molar-refractivity contribution in [3.63, 3.8) is 0 Å². The van der Waals surface area contributed by atoms with Gasteiger partial charge in [0.2, 0.25) is 5.91 Å². The number of carbonyl (C=O) groups excluding carboxylic acids is 1. The van der Waals surface area contributed by atoms with E-state index in [1.807, 2.05) is 6.92 Å². The fourth-order valence-electron chi connectivity index (χ4n) is 3.11. The number of rotatable bonds is 3. The Labute approximate surface area is 143 Å². The number of hydrogen-bond acceptors (Lipinski definition) is 4. The predicted octanol–water partition coefficient (Wildman–Crippen LogP) is 1.78. The maximum Gasteiger partial charge on any atom is 0.237 e. The summed E-state index contributed by atoms with van der Waals surface area (Å²) in [6, 6.07) is -0.117. The number of nitrogens with zero attached hydrogens (tertiary/aromatic N) is 3. The summed E-state index contributed by atoms with van der Waals surface area (Å²) < 4.78 is 2.19. The van der Waals surface area contributed by atoms with Crippen molar-refractivity contribution in [2.24, 2.45) is 0 Å². The van der Waals surface area contributed by atoms with Crippen molar-refractivity contribution in [1.82, 2.24) is 25.4 Å². The number of aromatic nitrogens is 3. The van der Waals surface area contributed by atoms with Crippen molar-refractivity contribution in [1.29, 1.82) is 0 Å². The van der Waals surface area contributed by atoms with E-state index in [9.17, 15) is 4.79 Å². The zero-order valence-corrected chi connectivity index (χ0v) is 14.5. The van der Waals surface area contributed by atoms with E-state index in [4.69, 9.17) is 0 Å². The fourth-order valence-corrected chi connectivity index (χ4v) is 3.11. The first-order chi connectivity index (χ1) is 9.75. The Morgan fingerprint density at radius 3 is 2.82 bits per heavy atom. The molecule has 1 aromatic heterocycles. The van der Waals surface area contributed by atoms with Crippen LogP contribution in [0.2, 0.25) is 0 Å². The smallest absolute Gasteiger partial charge is 0.237 e. The monoisotopic (exact) mass is 349 g/mol. The lowest BCUT2D eigenvalue weighted by Gasteiger charge is -2.17. The summed E-state index contributed by atoms with van der Waals surface area (Å²) in [6.07, 6.45) is 6.60. The van der Waals surface area contributed by atoms with Gasteiger partial charge in [-0.1, -0.05) is 6.42 Å². The first-order valence-electron chi connectivity index (χ1n) is 7.71. The van der Waals surface area contributed by atoms with Gasteiger partial charge in [0.25, 0.3) is 0 Å². The van der Waals surface area contributed by atoms with Crippen molar-refractivity contribution in [3.8, 4) is 0 Å². The van der Waals surface area contributed by atoms with Crippen LogP contribution in [0.4, 0.5) is 0 Å². The molecular formula is C14H25Cl2N5O. The largest absolute Gasteiger partial charge is 0.345 e. The number of nitrogens with one attached hydrogen (secondary N) is 2. The molecule has 0 aromatic carbocycles. The van der Waals surface area contributed by atoms with Crippen molar-refractivity contribution in [2.75, 3.05) is 6.54 Å². The second-order valence-corrected chi connectivity index (χ2v) is 5.82. The van der Waals surface area contributed by atoms with Gasteiger partial charge in [-0.3, -0.25) is 4.79 Å². The van der Waals surface area contributed by atoms with E-state index in [0.717, 1.165) is 44.0 Å². The van der Waals surface area contributed by atoms with E-state index in [2.05, 4.69) is 25.4 Å². The molecule has 6 nitrogen and oxygen atoms in total. The van der Waals surface area contributed by atoms with Crippen molar-refractivity contribution in [2.45, 2.75) is 64.1 Å². The van der Waals surface area contributed by atoms with Crippen LogP contribution in [0, 0.1) is 0 Å². The third-order valence-corrected chi connectivity index (χ3v) is 4.26. The van der Waals surface area contributed by atoms with Crippen LogP contribution in [-0.2, 0) is 17.8 Å². The topological polar surface area (TPSA) is 71.8 Å². The SMILES string of the molecule is C[C@@H](NC(=O)C1CCCN1)c1nnc2n1CCCCC2.Cl.Cl. The normalized spacial score (nSPS) is 21.8. The highest BCUT2D eigenvalue weighted by Crippen LogP contribution is 2.19. The summed E-state index contributed by atoms with van der Waals surface area (Å²) in [5.74, 6) is 2.05.